The van der Waals surface area contributed by atoms with Gasteiger partial charge >= 0.3 is 0 Å². The number of carbonyl (C=O) groups excluding carboxylic acids is 3. The largest absolute Gasteiger partial charge is 0.379 e. The second kappa shape index (κ2) is 15.7. The van der Waals surface area contributed by atoms with Crippen molar-refractivity contribution in [1.82, 2.24) is 15.1 Å². The van der Waals surface area contributed by atoms with Crippen LogP contribution in [-0.4, -0.2) is 80.8 Å². The van der Waals surface area contributed by atoms with Crippen LogP contribution in [0.5, 0.6) is 0 Å². The fourth-order valence-electron chi connectivity index (χ4n) is 5.66. The molecule has 2 aliphatic rings. The Morgan fingerprint density at radius 3 is 2.05 bits per heavy atom. The number of rotatable bonds is 11. The van der Waals surface area contributed by atoms with E-state index in [4.69, 9.17) is 4.74 Å². The van der Waals surface area contributed by atoms with Crippen molar-refractivity contribution in [3.05, 3.63) is 70.8 Å². The molecule has 0 spiro atoms. The molecule has 0 radical (unpaired) electrons. The molecule has 1 aliphatic heterocycles. The molecule has 39 heavy (non-hydrogen) atoms. The maximum absolute atomic E-state index is 13.9. The van der Waals surface area contributed by atoms with Gasteiger partial charge in [-0.1, -0.05) is 75.2 Å². The van der Waals surface area contributed by atoms with Crippen molar-refractivity contribution in [2.24, 2.45) is 11.8 Å². The monoisotopic (exact) mass is 535 g/mol. The minimum atomic E-state index is -0.483. The first-order valence-corrected chi connectivity index (χ1v) is 14.3. The molecule has 2 aromatic carbocycles. The molecule has 1 heterocycles. The highest BCUT2D eigenvalue weighted by Crippen LogP contribution is 2.30. The van der Waals surface area contributed by atoms with E-state index in [1.165, 1.54) is 11.1 Å². The standard InChI is InChI=1S/C27H34N2O3.C5H11NO/c1-4-21(5-2)25(18-31)29(16-19-10-12-20(17-30)13-11-19)27(32)26(28-3)24-14-22-8-6-7-9-23(22)15-24;1-6-2-4-7-5-3-6/h6-13,17-18,21,24-26,28H,4-5,14-16H2,1-3H3;2-5H2,1H3. The molecule has 2 aromatic rings. The smallest absolute Gasteiger partial charge is 0.240 e. The Balaban J connectivity index is 0.000000520. The molecule has 1 amide bonds. The minimum absolute atomic E-state index is 0.0335. The van der Waals surface area contributed by atoms with Crippen LogP contribution in [0.4, 0.5) is 0 Å². The second-order valence-electron chi connectivity index (χ2n) is 10.6. The summed E-state index contributed by atoms with van der Waals surface area (Å²) in [6.07, 6.45) is 5.10. The van der Waals surface area contributed by atoms with Gasteiger partial charge in [0.25, 0.3) is 0 Å². The average Bonchev–Trinajstić information content (AvgIpc) is 3.40. The number of likely N-dealkylation sites (N-methyl/N-ethyl adjacent to an activating group) is 2. The lowest BCUT2D eigenvalue weighted by Crippen LogP contribution is -2.54. The zero-order valence-corrected chi connectivity index (χ0v) is 24.0. The van der Waals surface area contributed by atoms with Crippen LogP contribution >= 0.6 is 0 Å². The number of hydrogen-bond acceptors (Lipinski definition) is 6. The van der Waals surface area contributed by atoms with Crippen LogP contribution in [0.25, 0.3) is 0 Å². The molecule has 1 saturated heterocycles. The first-order valence-electron chi connectivity index (χ1n) is 14.3. The highest BCUT2D eigenvalue weighted by Gasteiger charge is 2.38. The van der Waals surface area contributed by atoms with Gasteiger partial charge in [0.15, 0.2) is 0 Å². The fourth-order valence-corrected chi connectivity index (χ4v) is 5.66. The van der Waals surface area contributed by atoms with Gasteiger partial charge < -0.3 is 24.6 Å². The van der Waals surface area contributed by atoms with Crippen molar-refractivity contribution < 1.29 is 19.1 Å². The van der Waals surface area contributed by atoms with Crippen LogP contribution in [0.1, 0.15) is 53.7 Å². The molecular weight excluding hydrogens is 490 g/mol. The molecule has 2 atom stereocenters. The number of nitrogens with one attached hydrogen (secondary N) is 1. The lowest BCUT2D eigenvalue weighted by molar-refractivity contribution is -0.142. The first kappa shape index (κ1) is 30.7. The van der Waals surface area contributed by atoms with Crippen molar-refractivity contribution in [1.29, 1.82) is 0 Å². The number of benzene rings is 2. The van der Waals surface area contributed by atoms with E-state index in [1.54, 1.807) is 17.0 Å². The average molecular weight is 536 g/mol. The Kier molecular flexibility index (Phi) is 12.3. The summed E-state index contributed by atoms with van der Waals surface area (Å²) in [7, 11) is 3.94. The number of fused-ring (bicyclic) bond motifs is 1. The molecule has 7 nitrogen and oxygen atoms in total. The van der Waals surface area contributed by atoms with Crippen molar-refractivity contribution in [2.45, 2.75) is 58.2 Å². The predicted octanol–water partition coefficient (Wildman–Crippen LogP) is 3.78. The molecular formula is C32H45N3O4. The highest BCUT2D eigenvalue weighted by molar-refractivity contribution is 5.85. The van der Waals surface area contributed by atoms with Crippen molar-refractivity contribution >= 4 is 18.5 Å². The van der Waals surface area contributed by atoms with Gasteiger partial charge in [0.1, 0.15) is 12.6 Å². The van der Waals surface area contributed by atoms with E-state index in [0.29, 0.717) is 12.1 Å². The Bertz CT molecular complexity index is 1020. The third-order valence-corrected chi connectivity index (χ3v) is 8.15. The number of hydrogen-bond donors (Lipinski definition) is 1. The highest BCUT2D eigenvalue weighted by atomic mass is 16.5. The Labute approximate surface area is 233 Å². The van der Waals surface area contributed by atoms with Crippen LogP contribution in [0.2, 0.25) is 0 Å². The fraction of sp³-hybridized carbons (Fsp3) is 0.531. The van der Waals surface area contributed by atoms with E-state index < -0.39 is 6.04 Å². The van der Waals surface area contributed by atoms with Crippen LogP contribution in [-0.2, 0) is 33.7 Å². The van der Waals surface area contributed by atoms with Gasteiger partial charge in [0, 0.05) is 25.2 Å². The van der Waals surface area contributed by atoms with Gasteiger partial charge in [-0.3, -0.25) is 9.59 Å². The molecule has 1 aliphatic carbocycles. The van der Waals surface area contributed by atoms with Gasteiger partial charge in [-0.05, 0) is 55.5 Å². The second-order valence-corrected chi connectivity index (χ2v) is 10.6. The van der Waals surface area contributed by atoms with Crippen LogP contribution in [0, 0.1) is 11.8 Å². The molecule has 0 bridgehead atoms. The Hall–Kier alpha value is -2.87. The maximum atomic E-state index is 13.9. The lowest BCUT2D eigenvalue weighted by atomic mass is 9.90. The summed E-state index contributed by atoms with van der Waals surface area (Å²) in [4.78, 5) is 41.2. The lowest BCUT2D eigenvalue weighted by Gasteiger charge is -2.37. The zero-order chi connectivity index (χ0) is 28.2. The summed E-state index contributed by atoms with van der Waals surface area (Å²) in [6.45, 7) is 8.49. The Morgan fingerprint density at radius 1 is 1.03 bits per heavy atom. The summed E-state index contributed by atoms with van der Waals surface area (Å²) >= 11 is 0. The van der Waals surface area contributed by atoms with E-state index in [9.17, 15) is 14.4 Å². The van der Waals surface area contributed by atoms with Gasteiger partial charge in [-0.2, -0.15) is 0 Å². The summed E-state index contributed by atoms with van der Waals surface area (Å²) in [5, 5.41) is 3.26. The van der Waals surface area contributed by atoms with Crippen LogP contribution < -0.4 is 5.32 Å². The van der Waals surface area contributed by atoms with E-state index in [2.05, 4.69) is 43.2 Å². The quantitative estimate of drug-likeness (QED) is 0.441. The molecule has 1 N–H and O–H groups in total. The number of nitrogens with zero attached hydrogens (tertiary/aromatic N) is 2. The van der Waals surface area contributed by atoms with E-state index in [1.807, 2.05) is 31.3 Å². The molecule has 212 valence electrons. The third kappa shape index (κ3) is 8.31. The maximum Gasteiger partial charge on any atom is 0.240 e. The number of amides is 1. The molecule has 2 unspecified atom stereocenters. The molecule has 7 heteroatoms. The van der Waals surface area contributed by atoms with Crippen molar-refractivity contribution in [3.8, 4) is 0 Å². The number of ether oxygens (including phenoxy) is 1. The predicted molar refractivity (Wildman–Crippen MR) is 155 cm³/mol. The van der Waals surface area contributed by atoms with Crippen molar-refractivity contribution in [3.63, 3.8) is 0 Å². The zero-order valence-electron chi connectivity index (χ0n) is 24.0. The molecule has 4 rings (SSSR count). The van der Waals surface area contributed by atoms with Gasteiger partial charge in [0.2, 0.25) is 5.91 Å². The molecule has 0 aromatic heterocycles. The summed E-state index contributed by atoms with van der Waals surface area (Å²) in [5.74, 6) is 0.219. The van der Waals surface area contributed by atoms with Crippen molar-refractivity contribution in [2.75, 3.05) is 40.4 Å². The molecule has 0 saturated carbocycles. The third-order valence-electron chi connectivity index (χ3n) is 8.15. The summed E-state index contributed by atoms with van der Waals surface area (Å²) in [6, 6.07) is 14.7. The number of carbonyl (C=O) groups is 3. The first-order chi connectivity index (χ1) is 18.9. The van der Waals surface area contributed by atoms with Gasteiger partial charge in [0.05, 0.1) is 25.3 Å². The normalized spacial score (nSPS) is 17.1. The van der Waals surface area contributed by atoms with E-state index in [-0.39, 0.29) is 23.8 Å². The topological polar surface area (TPSA) is 79.0 Å². The summed E-state index contributed by atoms with van der Waals surface area (Å²) in [5.41, 5.74) is 4.10. The van der Waals surface area contributed by atoms with E-state index in [0.717, 1.165) is 70.1 Å². The number of aldehydes is 2. The SMILES string of the molecule is CCC(CC)C(C=O)N(Cc1ccc(C=O)cc1)C(=O)C(NC)C1Cc2ccccc2C1.CN1CCOCC1. The van der Waals surface area contributed by atoms with E-state index >= 15 is 0 Å². The van der Waals surface area contributed by atoms with Gasteiger partial charge in [-0.25, -0.2) is 0 Å². The van der Waals surface area contributed by atoms with Gasteiger partial charge in [-0.15, -0.1) is 0 Å². The Morgan fingerprint density at radius 2 is 1.62 bits per heavy atom. The van der Waals surface area contributed by atoms with Crippen LogP contribution in [0.3, 0.4) is 0 Å². The summed E-state index contributed by atoms with van der Waals surface area (Å²) < 4.78 is 5.10. The minimum Gasteiger partial charge on any atom is -0.379 e. The van der Waals surface area contributed by atoms with Crippen LogP contribution in [0.15, 0.2) is 48.5 Å². The number of morpholine rings is 1. The molecule has 1 fully saturated rings.